The van der Waals surface area contributed by atoms with E-state index >= 15 is 0 Å². The minimum atomic E-state index is -2.25. The maximum Gasteiger partial charge on any atom is 0.332 e. The molecule has 0 radical (unpaired) electrons. The van der Waals surface area contributed by atoms with Crippen LogP contribution in [0.5, 0.6) is 5.75 Å². The fourth-order valence-corrected chi connectivity index (χ4v) is 8.94. The van der Waals surface area contributed by atoms with Gasteiger partial charge >= 0.3 is 5.97 Å². The van der Waals surface area contributed by atoms with E-state index in [0.29, 0.717) is 0 Å². The molecule has 3 amide bonds. The molecule has 2 aliphatic heterocycles. The number of carbonyl (C=O) groups excluding carboxylic acids is 5. The van der Waals surface area contributed by atoms with Gasteiger partial charge in [-0.3, -0.25) is 24.0 Å². The highest BCUT2D eigenvalue weighted by atomic mass is 32.2. The average molecular weight is 600 g/mol. The van der Waals surface area contributed by atoms with Crippen molar-refractivity contribution >= 4 is 47.0 Å². The molecule has 6 N–H and O–H groups in total. The summed E-state index contributed by atoms with van der Waals surface area (Å²) in [6, 6.07) is 14.1. The number of hydrogen-bond donors (Lipinski definition) is 4. The van der Waals surface area contributed by atoms with E-state index in [9.17, 15) is 39.0 Å². The van der Waals surface area contributed by atoms with Crippen molar-refractivity contribution in [3.05, 3.63) is 99.6 Å². The molecule has 3 atom stereocenters. The quantitative estimate of drug-likeness (QED) is 0.239. The predicted octanol–water partition coefficient (Wildman–Crippen LogP) is 1.95. The number of hydrogen-bond acceptors (Lipinski definition) is 8. The van der Waals surface area contributed by atoms with Crippen molar-refractivity contribution in [3.8, 4) is 5.75 Å². The third-order valence-corrected chi connectivity index (χ3v) is 10.4. The maximum atomic E-state index is 14.0. The molecule has 12 heteroatoms. The molecule has 6 rings (SSSR count). The lowest BCUT2D eigenvalue weighted by Gasteiger charge is -2.56. The predicted molar refractivity (Wildman–Crippen MR) is 154 cm³/mol. The van der Waals surface area contributed by atoms with Crippen LogP contribution in [-0.4, -0.2) is 66.0 Å². The highest BCUT2D eigenvalue weighted by Crippen LogP contribution is 2.64. The standard InChI is InChI=1S/C31H25N3O8S/c1-29(2)31(28(41)42,34-20(35)13-21(34)43-29)30(27(33)40,14-6-4-3-5-7-14)15-8-9-16-19(12-15)23(36)17-10-11-18(26(32)39)25(38)22(17)24(16)37/h3-12,21,38H,13H2,1-2H3,(H2,32,39)(H2,33,40)(H,41,42)/t21-,30?,31-/m1/s1. The number of fused-ring (bicyclic) bond motifs is 3. The highest BCUT2D eigenvalue weighted by molar-refractivity contribution is 8.01. The molecule has 2 saturated heterocycles. The molecular weight excluding hydrogens is 574 g/mol. The maximum absolute atomic E-state index is 14.0. The van der Waals surface area contributed by atoms with Crippen LogP contribution >= 0.6 is 11.8 Å². The molecule has 1 aliphatic carbocycles. The largest absolute Gasteiger partial charge is 0.506 e. The minimum absolute atomic E-state index is 0.0102. The summed E-state index contributed by atoms with van der Waals surface area (Å²) in [4.78, 5) is 81.3. The number of nitrogens with two attached hydrogens (primary N) is 2. The minimum Gasteiger partial charge on any atom is -0.506 e. The van der Waals surface area contributed by atoms with Crippen LogP contribution < -0.4 is 11.5 Å². The molecule has 0 aromatic heterocycles. The second kappa shape index (κ2) is 9.01. The van der Waals surface area contributed by atoms with Gasteiger partial charge in [0.05, 0.1) is 22.9 Å². The van der Waals surface area contributed by atoms with E-state index in [1.54, 1.807) is 44.2 Å². The molecule has 2 fully saturated rings. The van der Waals surface area contributed by atoms with Crippen LogP contribution in [0, 0.1) is 0 Å². The first-order chi connectivity index (χ1) is 20.2. The Bertz CT molecular complexity index is 1840. The fourth-order valence-electron chi connectivity index (χ4n) is 7.14. The number of β-lactam (4-membered cyclic amide) rings is 1. The summed E-state index contributed by atoms with van der Waals surface area (Å²) in [7, 11) is 0. The second-order valence-electron chi connectivity index (χ2n) is 11.2. The summed E-state index contributed by atoms with van der Waals surface area (Å²) in [6.45, 7) is 3.28. The van der Waals surface area contributed by atoms with Crippen molar-refractivity contribution in [3.63, 3.8) is 0 Å². The van der Waals surface area contributed by atoms with Gasteiger partial charge in [-0.05, 0) is 49.2 Å². The first-order valence-corrected chi connectivity index (χ1v) is 14.1. The SMILES string of the molecule is CC1(C)S[C@@H]2CC(=O)N2[C@@]1(C(=O)O)C(C(N)=O)(c1ccccc1)c1ccc2c(c1)C(=O)c1ccc(C(N)=O)c(O)c1C2=O. The summed E-state index contributed by atoms with van der Waals surface area (Å²) >= 11 is 1.25. The fraction of sp³-hybridized carbons (Fsp3) is 0.226. The Morgan fingerprint density at radius 1 is 0.907 bits per heavy atom. The molecule has 43 heavy (non-hydrogen) atoms. The molecule has 218 valence electrons. The Kier molecular flexibility index (Phi) is 5.90. The highest BCUT2D eigenvalue weighted by Gasteiger charge is 2.79. The van der Waals surface area contributed by atoms with Crippen LogP contribution in [0.15, 0.2) is 60.7 Å². The topological polar surface area (TPSA) is 198 Å². The van der Waals surface area contributed by atoms with Crippen LogP contribution in [0.25, 0.3) is 0 Å². The van der Waals surface area contributed by atoms with Crippen LogP contribution in [0.4, 0.5) is 0 Å². The van der Waals surface area contributed by atoms with E-state index in [2.05, 4.69) is 0 Å². The molecule has 0 bridgehead atoms. The number of primary amides is 2. The van der Waals surface area contributed by atoms with Crippen LogP contribution in [0.1, 0.15) is 73.6 Å². The zero-order valence-corrected chi connectivity index (χ0v) is 23.7. The molecule has 11 nitrogen and oxygen atoms in total. The van der Waals surface area contributed by atoms with Gasteiger partial charge in [-0.25, -0.2) is 4.79 Å². The van der Waals surface area contributed by atoms with Crippen molar-refractivity contribution in [2.45, 2.75) is 41.3 Å². The van der Waals surface area contributed by atoms with Gasteiger partial charge in [-0.1, -0.05) is 36.4 Å². The van der Waals surface area contributed by atoms with Gasteiger partial charge in [0, 0.05) is 21.4 Å². The van der Waals surface area contributed by atoms with E-state index in [-0.39, 0.29) is 39.8 Å². The van der Waals surface area contributed by atoms with E-state index in [1.807, 2.05) is 0 Å². The Balaban J connectivity index is 1.69. The third kappa shape index (κ3) is 3.26. The van der Waals surface area contributed by atoms with Crippen molar-refractivity contribution in [1.82, 2.24) is 4.90 Å². The Morgan fingerprint density at radius 2 is 1.56 bits per heavy atom. The zero-order valence-electron chi connectivity index (χ0n) is 22.9. The van der Waals surface area contributed by atoms with Gasteiger partial charge in [0.25, 0.3) is 5.91 Å². The number of thioether (sulfide) groups is 1. The van der Waals surface area contributed by atoms with Crippen LogP contribution in [-0.2, 0) is 19.8 Å². The molecular formula is C31H25N3O8S. The number of benzene rings is 3. The van der Waals surface area contributed by atoms with Gasteiger partial charge < -0.3 is 26.6 Å². The first-order valence-electron chi connectivity index (χ1n) is 13.2. The number of aliphatic carboxylic acids is 1. The molecule has 1 unspecified atom stereocenters. The number of carboxylic acids is 1. The number of rotatable bonds is 6. The number of carbonyl (C=O) groups is 6. The monoisotopic (exact) mass is 599 g/mol. The third-order valence-electron chi connectivity index (χ3n) is 8.85. The Hall–Kier alpha value is -4.97. The van der Waals surface area contributed by atoms with Gasteiger partial charge in [-0.2, -0.15) is 0 Å². The molecule has 0 saturated carbocycles. The van der Waals surface area contributed by atoms with E-state index < -0.39 is 67.6 Å². The second-order valence-corrected chi connectivity index (χ2v) is 13.0. The number of nitrogens with zero attached hydrogens (tertiary/aromatic N) is 1. The molecule has 3 aromatic carbocycles. The van der Waals surface area contributed by atoms with Gasteiger partial charge in [0.15, 0.2) is 17.1 Å². The molecule has 3 aliphatic rings. The Labute approximate surface area is 248 Å². The lowest BCUT2D eigenvalue weighted by atomic mass is 9.54. The van der Waals surface area contributed by atoms with E-state index in [4.69, 9.17) is 11.5 Å². The summed E-state index contributed by atoms with van der Waals surface area (Å²) in [5, 5.41) is 21.2. The van der Waals surface area contributed by atoms with Crippen molar-refractivity contribution in [2.75, 3.05) is 0 Å². The molecule has 0 spiro atoms. The smallest absolute Gasteiger partial charge is 0.332 e. The number of amides is 3. The van der Waals surface area contributed by atoms with Crippen molar-refractivity contribution < 1.29 is 39.0 Å². The van der Waals surface area contributed by atoms with Crippen LogP contribution in [0.3, 0.4) is 0 Å². The lowest BCUT2D eigenvalue weighted by Crippen LogP contribution is -2.78. The normalized spacial score (nSPS) is 23.0. The summed E-state index contributed by atoms with van der Waals surface area (Å²) in [5.41, 5.74) is 5.98. The molecule has 2 heterocycles. The van der Waals surface area contributed by atoms with Gasteiger partial charge in [0.2, 0.25) is 11.8 Å². The Morgan fingerprint density at radius 3 is 2.14 bits per heavy atom. The number of aromatic hydroxyl groups is 1. The lowest BCUT2D eigenvalue weighted by molar-refractivity contribution is -0.176. The van der Waals surface area contributed by atoms with Crippen LogP contribution in [0.2, 0.25) is 0 Å². The van der Waals surface area contributed by atoms with Gasteiger partial charge in [-0.15, -0.1) is 11.8 Å². The van der Waals surface area contributed by atoms with E-state index in [1.165, 1.54) is 40.9 Å². The summed E-state index contributed by atoms with van der Waals surface area (Å²) in [6.07, 6.45) is 0.0809. The summed E-state index contributed by atoms with van der Waals surface area (Å²) < 4.78 is -1.28. The zero-order chi connectivity index (χ0) is 31.2. The van der Waals surface area contributed by atoms with Crippen molar-refractivity contribution in [1.29, 1.82) is 0 Å². The summed E-state index contributed by atoms with van der Waals surface area (Å²) in [5.74, 6) is -6.22. The van der Waals surface area contributed by atoms with Gasteiger partial charge in [0.1, 0.15) is 11.2 Å². The number of carboxylic acid groups (broad SMARTS) is 1. The number of ketones is 2. The van der Waals surface area contributed by atoms with E-state index in [0.717, 1.165) is 6.07 Å². The molecule has 3 aromatic rings. The average Bonchev–Trinajstić information content (AvgIpc) is 3.14. The number of phenols is 1. The van der Waals surface area contributed by atoms with Crippen molar-refractivity contribution in [2.24, 2.45) is 11.5 Å². The first kappa shape index (κ1) is 28.2.